The maximum atomic E-state index is 13.8. The van der Waals surface area contributed by atoms with Crippen molar-refractivity contribution in [2.24, 2.45) is 0 Å². The average Bonchev–Trinajstić information content (AvgIpc) is 2.53. The number of rotatable bonds is 6. The highest BCUT2D eigenvalue weighted by atomic mass is 19.1. The van der Waals surface area contributed by atoms with Crippen molar-refractivity contribution >= 4 is 11.9 Å². The fourth-order valence-electron chi connectivity index (χ4n) is 2.22. The first kappa shape index (κ1) is 16.9. The lowest BCUT2D eigenvalue weighted by molar-refractivity contribution is 0.104. The lowest BCUT2D eigenvalue weighted by Crippen LogP contribution is -2.11. The van der Waals surface area contributed by atoms with E-state index in [1.807, 2.05) is 37.2 Å². The summed E-state index contributed by atoms with van der Waals surface area (Å²) >= 11 is 0. The van der Waals surface area contributed by atoms with E-state index in [-0.39, 0.29) is 5.78 Å². The normalized spacial score (nSPS) is 11.2. The molecule has 0 N–H and O–H groups in total. The molecule has 2 aromatic carbocycles. The number of benzene rings is 2. The molecule has 0 spiro atoms. The number of allylic oxidation sites excluding steroid dienone is 1. The highest BCUT2D eigenvalue weighted by Crippen LogP contribution is 2.18. The molecule has 2 rings (SSSR count). The van der Waals surface area contributed by atoms with Crippen molar-refractivity contribution in [1.82, 2.24) is 4.90 Å². The van der Waals surface area contributed by atoms with Crippen LogP contribution < -0.4 is 4.74 Å². The molecule has 0 atom stereocenters. The van der Waals surface area contributed by atoms with E-state index >= 15 is 0 Å². The van der Waals surface area contributed by atoms with E-state index in [9.17, 15) is 9.18 Å². The van der Waals surface area contributed by atoms with Gasteiger partial charge in [-0.05, 0) is 50.0 Å². The molecule has 23 heavy (non-hydrogen) atoms. The smallest absolute Gasteiger partial charge is 0.185 e. The fourth-order valence-corrected chi connectivity index (χ4v) is 2.22. The molecule has 0 aromatic heterocycles. The van der Waals surface area contributed by atoms with E-state index < -0.39 is 5.82 Å². The van der Waals surface area contributed by atoms with Gasteiger partial charge in [-0.25, -0.2) is 4.39 Å². The lowest BCUT2D eigenvalue weighted by atomic mass is 10.1. The third kappa shape index (κ3) is 4.76. The van der Waals surface area contributed by atoms with Crippen LogP contribution in [0.15, 0.2) is 48.5 Å². The SMILES string of the molecule is COc1ccc(/C=C/C(=O)c2cccc(CN(C)C)c2)c(F)c1. The highest BCUT2D eigenvalue weighted by molar-refractivity contribution is 6.06. The van der Waals surface area contributed by atoms with Crippen LogP contribution in [-0.4, -0.2) is 31.9 Å². The minimum absolute atomic E-state index is 0.152. The number of methoxy groups -OCH3 is 1. The number of carbonyl (C=O) groups is 1. The second-order valence-corrected chi connectivity index (χ2v) is 5.52. The molecule has 0 aliphatic rings. The molecule has 0 amide bonds. The number of ether oxygens (including phenoxy) is 1. The Bertz CT molecular complexity index is 723. The summed E-state index contributed by atoms with van der Waals surface area (Å²) in [6.45, 7) is 0.762. The van der Waals surface area contributed by atoms with Gasteiger partial charge in [-0.2, -0.15) is 0 Å². The standard InChI is InChI=1S/C19H20FNO2/c1-21(2)13-14-5-4-6-16(11-14)19(22)10-8-15-7-9-17(23-3)12-18(15)20/h4-12H,13H2,1-3H3/b10-8+. The lowest BCUT2D eigenvalue weighted by Gasteiger charge is -2.10. The summed E-state index contributed by atoms with van der Waals surface area (Å²) in [6, 6.07) is 12.0. The van der Waals surface area contributed by atoms with Crippen LogP contribution in [0.3, 0.4) is 0 Å². The van der Waals surface area contributed by atoms with Crippen LogP contribution >= 0.6 is 0 Å². The fraction of sp³-hybridized carbons (Fsp3) is 0.211. The number of hydrogen-bond acceptors (Lipinski definition) is 3. The first-order chi connectivity index (χ1) is 11.0. The van der Waals surface area contributed by atoms with Gasteiger partial charge in [0, 0.05) is 23.7 Å². The van der Waals surface area contributed by atoms with E-state index in [4.69, 9.17) is 4.74 Å². The van der Waals surface area contributed by atoms with E-state index in [2.05, 4.69) is 0 Å². The maximum Gasteiger partial charge on any atom is 0.185 e. The third-order valence-corrected chi connectivity index (χ3v) is 3.33. The average molecular weight is 313 g/mol. The molecule has 0 saturated heterocycles. The summed E-state index contributed by atoms with van der Waals surface area (Å²) in [7, 11) is 5.43. The zero-order valence-electron chi connectivity index (χ0n) is 13.5. The molecule has 0 radical (unpaired) electrons. The quantitative estimate of drug-likeness (QED) is 0.600. The molecule has 2 aromatic rings. The first-order valence-electron chi connectivity index (χ1n) is 7.29. The third-order valence-electron chi connectivity index (χ3n) is 3.33. The van der Waals surface area contributed by atoms with Gasteiger partial charge in [-0.1, -0.05) is 18.2 Å². The molecule has 3 nitrogen and oxygen atoms in total. The molecular weight excluding hydrogens is 293 g/mol. The summed E-state index contributed by atoms with van der Waals surface area (Å²) in [4.78, 5) is 14.3. The van der Waals surface area contributed by atoms with E-state index in [1.165, 1.54) is 25.3 Å². The number of nitrogens with zero attached hydrogens (tertiary/aromatic N) is 1. The van der Waals surface area contributed by atoms with Gasteiger partial charge in [-0.15, -0.1) is 0 Å². The Kier molecular flexibility index (Phi) is 5.66. The molecule has 0 aliphatic carbocycles. The molecule has 0 aliphatic heterocycles. The van der Waals surface area contributed by atoms with Crippen LogP contribution in [0.2, 0.25) is 0 Å². The van der Waals surface area contributed by atoms with Crippen LogP contribution in [0.1, 0.15) is 21.5 Å². The molecule has 0 saturated carbocycles. The number of carbonyl (C=O) groups excluding carboxylic acids is 1. The zero-order valence-corrected chi connectivity index (χ0v) is 13.5. The summed E-state index contributed by atoms with van der Waals surface area (Å²) in [5.41, 5.74) is 2.00. The Balaban J connectivity index is 2.15. The Labute approximate surface area is 136 Å². The molecule has 4 heteroatoms. The topological polar surface area (TPSA) is 29.5 Å². The van der Waals surface area contributed by atoms with E-state index in [0.717, 1.165) is 12.1 Å². The van der Waals surface area contributed by atoms with Crippen molar-refractivity contribution in [3.63, 3.8) is 0 Å². The Morgan fingerprint density at radius 1 is 1.22 bits per heavy atom. The molecule has 0 unspecified atom stereocenters. The van der Waals surface area contributed by atoms with Crippen LogP contribution in [-0.2, 0) is 6.54 Å². The number of hydrogen-bond donors (Lipinski definition) is 0. The van der Waals surface area contributed by atoms with Gasteiger partial charge in [0.15, 0.2) is 5.78 Å². The minimum Gasteiger partial charge on any atom is -0.497 e. The van der Waals surface area contributed by atoms with Gasteiger partial charge >= 0.3 is 0 Å². The van der Waals surface area contributed by atoms with Crippen LogP contribution in [0, 0.1) is 5.82 Å². The van der Waals surface area contributed by atoms with Crippen molar-refractivity contribution < 1.29 is 13.9 Å². The Morgan fingerprint density at radius 3 is 2.65 bits per heavy atom. The zero-order chi connectivity index (χ0) is 16.8. The van der Waals surface area contributed by atoms with Gasteiger partial charge in [0.2, 0.25) is 0 Å². The number of ketones is 1. The van der Waals surface area contributed by atoms with Gasteiger partial charge in [0.05, 0.1) is 7.11 Å². The maximum absolute atomic E-state index is 13.8. The monoisotopic (exact) mass is 313 g/mol. The van der Waals surface area contributed by atoms with Gasteiger partial charge in [-0.3, -0.25) is 4.79 Å². The van der Waals surface area contributed by atoms with Crippen molar-refractivity contribution in [2.45, 2.75) is 6.54 Å². The second-order valence-electron chi connectivity index (χ2n) is 5.52. The van der Waals surface area contributed by atoms with Gasteiger partial charge in [0.25, 0.3) is 0 Å². The molecule has 0 heterocycles. The highest BCUT2D eigenvalue weighted by Gasteiger charge is 2.05. The summed E-state index contributed by atoms with van der Waals surface area (Å²) in [5, 5.41) is 0. The van der Waals surface area contributed by atoms with Gasteiger partial charge in [0.1, 0.15) is 11.6 Å². The predicted octanol–water partition coefficient (Wildman–Crippen LogP) is 3.79. The Hall–Kier alpha value is -2.46. The van der Waals surface area contributed by atoms with Crippen molar-refractivity contribution in [3.05, 3.63) is 71.0 Å². The molecule has 120 valence electrons. The number of halogens is 1. The van der Waals surface area contributed by atoms with Crippen molar-refractivity contribution in [3.8, 4) is 5.75 Å². The van der Waals surface area contributed by atoms with Crippen molar-refractivity contribution in [2.75, 3.05) is 21.2 Å². The van der Waals surface area contributed by atoms with Crippen LogP contribution in [0.5, 0.6) is 5.75 Å². The first-order valence-corrected chi connectivity index (χ1v) is 7.29. The van der Waals surface area contributed by atoms with E-state index in [0.29, 0.717) is 16.9 Å². The molecule has 0 fully saturated rings. The summed E-state index contributed by atoms with van der Waals surface area (Å²) < 4.78 is 18.8. The van der Waals surface area contributed by atoms with Crippen LogP contribution in [0.25, 0.3) is 6.08 Å². The Morgan fingerprint density at radius 2 is 2.00 bits per heavy atom. The predicted molar refractivity (Wildman–Crippen MR) is 90.1 cm³/mol. The second kappa shape index (κ2) is 7.70. The summed E-state index contributed by atoms with van der Waals surface area (Å²) in [5.74, 6) is -0.127. The van der Waals surface area contributed by atoms with Crippen LogP contribution in [0.4, 0.5) is 4.39 Å². The molecule has 0 bridgehead atoms. The largest absolute Gasteiger partial charge is 0.497 e. The molecular formula is C19H20FNO2. The van der Waals surface area contributed by atoms with Crippen molar-refractivity contribution in [1.29, 1.82) is 0 Å². The van der Waals surface area contributed by atoms with E-state index in [1.54, 1.807) is 18.2 Å². The minimum atomic E-state index is -0.422. The summed E-state index contributed by atoms with van der Waals surface area (Å²) in [6.07, 6.45) is 2.87. The van der Waals surface area contributed by atoms with Gasteiger partial charge < -0.3 is 9.64 Å².